The number of benzene rings is 4. The van der Waals surface area contributed by atoms with Crippen molar-refractivity contribution in [1.29, 1.82) is 0 Å². The highest BCUT2D eigenvalue weighted by atomic mass is 32.2. The maximum absolute atomic E-state index is 13.4. The Balaban J connectivity index is 1.10. The summed E-state index contributed by atoms with van der Waals surface area (Å²) in [6.07, 6.45) is 3.82. The lowest BCUT2D eigenvalue weighted by Crippen LogP contribution is -2.35. The van der Waals surface area contributed by atoms with E-state index in [9.17, 15) is 13.2 Å². The van der Waals surface area contributed by atoms with Gasteiger partial charge in [-0.15, -0.1) is 0 Å². The molecule has 3 N–H and O–H groups in total. The number of carbonyl (C=O) groups excluding carboxylic acids is 1. The van der Waals surface area contributed by atoms with Crippen molar-refractivity contribution in [3.63, 3.8) is 0 Å². The van der Waals surface area contributed by atoms with Gasteiger partial charge in [-0.25, -0.2) is 8.42 Å². The van der Waals surface area contributed by atoms with Crippen LogP contribution in [0, 0.1) is 31.6 Å². The molecular weight excluding hydrogens is 542 g/mol. The van der Waals surface area contributed by atoms with Gasteiger partial charge in [-0.2, -0.15) is 0 Å². The van der Waals surface area contributed by atoms with Crippen LogP contribution in [-0.2, 0) is 10.0 Å². The van der Waals surface area contributed by atoms with Crippen LogP contribution in [0.5, 0.6) is 0 Å². The van der Waals surface area contributed by atoms with Crippen LogP contribution in [0.4, 0.5) is 17.1 Å². The zero-order valence-electron chi connectivity index (χ0n) is 23.8. The summed E-state index contributed by atoms with van der Waals surface area (Å²) in [5, 5.41) is 6.80. The predicted octanol–water partition coefficient (Wildman–Crippen LogP) is 7.65. The molecular formula is C35H35N3O3S. The molecule has 1 heterocycles. The first-order chi connectivity index (χ1) is 20.3. The summed E-state index contributed by atoms with van der Waals surface area (Å²) in [4.78, 5) is 13.5. The number of nitrogens with one attached hydrogen (secondary N) is 3. The van der Waals surface area contributed by atoms with Crippen molar-refractivity contribution in [1.82, 2.24) is 0 Å². The van der Waals surface area contributed by atoms with Gasteiger partial charge in [-0.1, -0.05) is 48.5 Å². The highest BCUT2D eigenvalue weighted by Crippen LogP contribution is 2.63. The van der Waals surface area contributed by atoms with Gasteiger partial charge >= 0.3 is 0 Å². The van der Waals surface area contributed by atoms with Crippen molar-refractivity contribution >= 4 is 33.0 Å². The van der Waals surface area contributed by atoms with Crippen LogP contribution in [0.1, 0.15) is 63.8 Å². The molecule has 0 saturated heterocycles. The smallest absolute Gasteiger partial charge is 0.261 e. The minimum absolute atomic E-state index is 0.137. The van der Waals surface area contributed by atoms with E-state index in [1.54, 1.807) is 12.1 Å². The summed E-state index contributed by atoms with van der Waals surface area (Å²) < 4.78 is 28.8. The first-order valence-corrected chi connectivity index (χ1v) is 16.2. The molecule has 2 fully saturated rings. The molecule has 7 heteroatoms. The minimum atomic E-state index is -3.77. The summed E-state index contributed by atoms with van der Waals surface area (Å²) >= 11 is 0. The average Bonchev–Trinajstić information content (AvgIpc) is 3.62. The number of hydrogen-bond donors (Lipinski definition) is 3. The van der Waals surface area contributed by atoms with E-state index in [-0.39, 0.29) is 16.8 Å². The maximum atomic E-state index is 13.4. The third-order valence-corrected chi connectivity index (χ3v) is 11.0. The second-order valence-corrected chi connectivity index (χ2v) is 13.8. The van der Waals surface area contributed by atoms with E-state index >= 15 is 0 Å². The molecule has 1 aliphatic heterocycles. The third-order valence-electron chi connectivity index (χ3n) is 9.65. The quantitative estimate of drug-likeness (QED) is 0.220. The Morgan fingerprint density at radius 2 is 1.55 bits per heavy atom. The molecule has 5 atom stereocenters. The highest BCUT2D eigenvalue weighted by molar-refractivity contribution is 7.92. The number of aryl methyl sites for hydroxylation is 2. The third kappa shape index (κ3) is 4.66. The fourth-order valence-corrected chi connectivity index (χ4v) is 8.91. The molecule has 4 aromatic carbocycles. The van der Waals surface area contributed by atoms with Crippen molar-refractivity contribution in [3.05, 3.63) is 119 Å². The van der Waals surface area contributed by atoms with Gasteiger partial charge in [0.25, 0.3) is 15.9 Å². The van der Waals surface area contributed by atoms with Crippen molar-refractivity contribution in [2.75, 3.05) is 15.4 Å². The summed E-state index contributed by atoms with van der Waals surface area (Å²) in [6.45, 7) is 3.75. The number of sulfonamides is 1. The summed E-state index contributed by atoms with van der Waals surface area (Å²) in [7, 11) is -3.77. The molecule has 6 nitrogen and oxygen atoms in total. The van der Waals surface area contributed by atoms with Crippen LogP contribution in [-0.4, -0.2) is 14.3 Å². The largest absolute Gasteiger partial charge is 0.378 e. The van der Waals surface area contributed by atoms with Crippen molar-refractivity contribution in [2.24, 2.45) is 17.8 Å². The van der Waals surface area contributed by atoms with Crippen molar-refractivity contribution in [2.45, 2.75) is 50.0 Å². The van der Waals surface area contributed by atoms with Gasteiger partial charge in [0.05, 0.1) is 16.6 Å². The predicted molar refractivity (Wildman–Crippen MR) is 167 cm³/mol. The molecule has 7 rings (SSSR count). The van der Waals surface area contributed by atoms with Crippen LogP contribution < -0.4 is 15.4 Å². The summed E-state index contributed by atoms with van der Waals surface area (Å²) in [6, 6.07) is 29.0. The molecule has 3 aliphatic rings. The number of amides is 1. The molecule has 4 aromatic rings. The Morgan fingerprint density at radius 1 is 0.833 bits per heavy atom. The van der Waals surface area contributed by atoms with Crippen molar-refractivity contribution < 1.29 is 13.2 Å². The Labute approximate surface area is 247 Å². The fraction of sp³-hybridized carbons (Fsp3) is 0.286. The van der Waals surface area contributed by atoms with E-state index in [2.05, 4.69) is 57.8 Å². The summed E-state index contributed by atoms with van der Waals surface area (Å²) in [5.41, 5.74) is 7.18. The highest BCUT2D eigenvalue weighted by Gasteiger charge is 2.53. The Bertz CT molecular complexity index is 1750. The molecule has 0 spiro atoms. The van der Waals surface area contributed by atoms with Crippen LogP contribution in [0.25, 0.3) is 0 Å². The van der Waals surface area contributed by atoms with Crippen LogP contribution in [0.2, 0.25) is 0 Å². The van der Waals surface area contributed by atoms with E-state index in [0.717, 1.165) is 16.8 Å². The van der Waals surface area contributed by atoms with E-state index in [1.807, 2.05) is 38.1 Å². The van der Waals surface area contributed by atoms with Crippen LogP contribution >= 0.6 is 0 Å². The number of carbonyl (C=O) groups is 1. The number of fused-ring (bicyclic) bond motifs is 7. The van der Waals surface area contributed by atoms with Crippen LogP contribution in [0.15, 0.2) is 95.9 Å². The number of anilines is 3. The van der Waals surface area contributed by atoms with E-state index in [0.29, 0.717) is 40.6 Å². The first kappa shape index (κ1) is 26.8. The lowest BCUT2D eigenvalue weighted by Gasteiger charge is -2.43. The standard InChI is InChI=1S/C35H35N3O3S/c1-21-7-6-8-22(2)33(21)38-42(40,41)28-16-14-27(15-17-28)36-35(39)26-13-18-30-29(20-26)31-24-11-12-25(19-24)32(31)34(37-30)23-9-4-3-5-10-23/h3-10,13-18,20,24-25,31-32,34,37-38H,11-12,19H2,1-2H3,(H,36,39)/t24-,25-,31-,32+,34-/m0/s1. The van der Waals surface area contributed by atoms with Crippen LogP contribution in [0.3, 0.4) is 0 Å². The average molecular weight is 578 g/mol. The van der Waals surface area contributed by atoms with Crippen molar-refractivity contribution in [3.8, 4) is 0 Å². The second kappa shape index (κ2) is 10.3. The molecule has 2 bridgehead atoms. The van der Waals surface area contributed by atoms with E-state index in [1.165, 1.54) is 42.5 Å². The minimum Gasteiger partial charge on any atom is -0.378 e. The molecule has 214 valence electrons. The lowest BCUT2D eigenvalue weighted by atomic mass is 9.68. The maximum Gasteiger partial charge on any atom is 0.261 e. The van der Waals surface area contributed by atoms with Gasteiger partial charge < -0.3 is 10.6 Å². The second-order valence-electron chi connectivity index (χ2n) is 12.1. The Kier molecular flexibility index (Phi) is 6.58. The number of para-hydroxylation sites is 1. The summed E-state index contributed by atoms with van der Waals surface area (Å²) in [5.74, 6) is 2.15. The van der Waals surface area contributed by atoms with Gasteiger partial charge in [0.1, 0.15) is 0 Å². The van der Waals surface area contributed by atoms with Gasteiger partial charge in [-0.3, -0.25) is 9.52 Å². The topological polar surface area (TPSA) is 87.3 Å². The molecule has 42 heavy (non-hydrogen) atoms. The molecule has 1 amide bonds. The fourth-order valence-electron chi connectivity index (χ4n) is 7.71. The molecule has 2 aliphatic carbocycles. The number of rotatable bonds is 6. The zero-order chi connectivity index (χ0) is 29.0. The van der Waals surface area contributed by atoms with Gasteiger partial charge in [0, 0.05) is 16.9 Å². The van der Waals surface area contributed by atoms with E-state index in [4.69, 9.17) is 0 Å². The normalized spacial score (nSPS) is 23.9. The van der Waals surface area contributed by atoms with Gasteiger partial charge in [-0.05, 0) is 121 Å². The zero-order valence-corrected chi connectivity index (χ0v) is 24.6. The molecule has 2 saturated carbocycles. The first-order valence-electron chi connectivity index (χ1n) is 14.7. The lowest BCUT2D eigenvalue weighted by molar-refractivity contribution is 0.102. The number of hydrogen-bond acceptors (Lipinski definition) is 4. The van der Waals surface area contributed by atoms with E-state index < -0.39 is 10.0 Å². The Hall–Kier alpha value is -4.10. The van der Waals surface area contributed by atoms with Gasteiger partial charge in [0.15, 0.2) is 0 Å². The Morgan fingerprint density at radius 3 is 2.29 bits per heavy atom. The van der Waals surface area contributed by atoms with Gasteiger partial charge in [0.2, 0.25) is 0 Å². The molecule has 0 unspecified atom stereocenters. The monoisotopic (exact) mass is 577 g/mol. The molecule has 0 radical (unpaired) electrons. The molecule has 0 aromatic heterocycles. The SMILES string of the molecule is Cc1cccc(C)c1NS(=O)(=O)c1ccc(NC(=O)c2ccc3c(c2)[C@@H]2[C@H]4CC[C@@H](C4)[C@H]2[C@H](c2ccccc2)N3)cc1.